The van der Waals surface area contributed by atoms with Gasteiger partial charge in [0.05, 0.1) is 19.1 Å². The van der Waals surface area contributed by atoms with Crippen LogP contribution in [0.15, 0.2) is 18.2 Å². The first-order chi connectivity index (χ1) is 8.24. The van der Waals surface area contributed by atoms with Crippen LogP contribution in [0.25, 0.3) is 0 Å². The van der Waals surface area contributed by atoms with Gasteiger partial charge in [-0.15, -0.1) is 24.8 Å². The van der Waals surface area contributed by atoms with Crippen LogP contribution in [0.5, 0.6) is 0 Å². The number of hydrogen-bond acceptors (Lipinski definition) is 4. The number of hydrogen-bond donors (Lipinski definition) is 2. The van der Waals surface area contributed by atoms with Crippen molar-refractivity contribution in [3.8, 4) is 0 Å². The van der Waals surface area contributed by atoms with E-state index in [0.29, 0.717) is 18.8 Å². The van der Waals surface area contributed by atoms with E-state index in [-0.39, 0.29) is 36.8 Å². The van der Waals surface area contributed by atoms with Crippen molar-refractivity contribution in [1.29, 1.82) is 0 Å². The van der Waals surface area contributed by atoms with Gasteiger partial charge in [0, 0.05) is 18.8 Å². The third-order valence-electron chi connectivity index (χ3n) is 2.57. The number of halogens is 2. The Morgan fingerprint density at radius 3 is 2.95 bits per heavy atom. The smallest absolute Gasteiger partial charge is 0.228 e. The predicted molar refractivity (Wildman–Crippen MR) is 79.3 cm³/mol. The third-order valence-corrected chi connectivity index (χ3v) is 2.57. The number of pyridine rings is 1. The van der Waals surface area contributed by atoms with Crippen molar-refractivity contribution in [2.75, 3.05) is 25.0 Å². The molecule has 1 saturated heterocycles. The topological polar surface area (TPSA) is 63.2 Å². The highest BCUT2D eigenvalue weighted by Crippen LogP contribution is 2.07. The molecule has 19 heavy (non-hydrogen) atoms. The van der Waals surface area contributed by atoms with E-state index in [1.807, 2.05) is 19.1 Å². The number of amides is 1. The highest BCUT2D eigenvalue weighted by Gasteiger charge is 2.17. The lowest BCUT2D eigenvalue weighted by Crippen LogP contribution is -2.40. The molecule has 0 spiro atoms. The largest absolute Gasteiger partial charge is 0.375 e. The van der Waals surface area contributed by atoms with E-state index in [0.717, 1.165) is 18.8 Å². The quantitative estimate of drug-likeness (QED) is 0.889. The second kappa shape index (κ2) is 9.09. The molecule has 2 N–H and O–H groups in total. The van der Waals surface area contributed by atoms with Crippen LogP contribution in [0.1, 0.15) is 12.1 Å². The van der Waals surface area contributed by atoms with Crippen molar-refractivity contribution in [3.05, 3.63) is 23.9 Å². The highest BCUT2D eigenvalue weighted by molar-refractivity contribution is 5.90. The number of nitrogens with one attached hydrogen (secondary N) is 2. The van der Waals surface area contributed by atoms with Crippen molar-refractivity contribution >= 4 is 36.5 Å². The lowest BCUT2D eigenvalue weighted by Gasteiger charge is -2.22. The summed E-state index contributed by atoms with van der Waals surface area (Å²) in [7, 11) is 0. The fraction of sp³-hybridized carbons (Fsp3) is 0.500. The number of carbonyl (C=O) groups is 1. The average Bonchev–Trinajstić information content (AvgIpc) is 2.30. The summed E-state index contributed by atoms with van der Waals surface area (Å²) in [4.78, 5) is 16.0. The summed E-state index contributed by atoms with van der Waals surface area (Å²) in [6.45, 7) is 4.15. The van der Waals surface area contributed by atoms with Gasteiger partial charge in [-0.25, -0.2) is 4.98 Å². The fourth-order valence-electron chi connectivity index (χ4n) is 1.76. The Labute approximate surface area is 125 Å². The molecule has 2 heterocycles. The third kappa shape index (κ3) is 6.20. The standard InChI is InChI=1S/C12H17N3O2.2ClH/c1-9-3-2-4-11(14-9)15-12(16)7-10-8-13-5-6-17-10;;/h2-4,10,13H,5-8H2,1H3,(H,14,15,16);2*1H. The van der Waals surface area contributed by atoms with Gasteiger partial charge in [0.1, 0.15) is 5.82 Å². The van der Waals surface area contributed by atoms with Crippen molar-refractivity contribution in [2.45, 2.75) is 19.4 Å². The van der Waals surface area contributed by atoms with Crippen LogP contribution >= 0.6 is 24.8 Å². The molecule has 1 fully saturated rings. The zero-order chi connectivity index (χ0) is 12.1. The lowest BCUT2D eigenvalue weighted by molar-refractivity contribution is -0.119. The Bertz CT molecular complexity index is 398. The normalized spacial score (nSPS) is 17.8. The van der Waals surface area contributed by atoms with E-state index in [9.17, 15) is 4.79 Å². The van der Waals surface area contributed by atoms with Crippen LogP contribution < -0.4 is 10.6 Å². The van der Waals surface area contributed by atoms with Crippen LogP contribution in [0.4, 0.5) is 5.82 Å². The van der Waals surface area contributed by atoms with E-state index >= 15 is 0 Å². The first-order valence-electron chi connectivity index (χ1n) is 5.80. The molecule has 0 radical (unpaired) electrons. The Morgan fingerprint density at radius 1 is 1.53 bits per heavy atom. The van der Waals surface area contributed by atoms with Gasteiger partial charge in [-0.3, -0.25) is 4.79 Å². The monoisotopic (exact) mass is 307 g/mol. The first kappa shape index (κ1) is 18.1. The van der Waals surface area contributed by atoms with E-state index < -0.39 is 0 Å². The fourth-order valence-corrected chi connectivity index (χ4v) is 1.76. The number of rotatable bonds is 3. The lowest BCUT2D eigenvalue weighted by atomic mass is 10.2. The summed E-state index contributed by atoms with van der Waals surface area (Å²) >= 11 is 0. The van der Waals surface area contributed by atoms with Crippen LogP contribution in [-0.4, -0.2) is 36.7 Å². The molecule has 1 aromatic rings. The maximum atomic E-state index is 11.7. The zero-order valence-corrected chi connectivity index (χ0v) is 12.4. The molecule has 1 aliphatic heterocycles. The Morgan fingerprint density at radius 2 is 2.32 bits per heavy atom. The van der Waals surface area contributed by atoms with E-state index in [2.05, 4.69) is 15.6 Å². The molecule has 5 nitrogen and oxygen atoms in total. The summed E-state index contributed by atoms with van der Waals surface area (Å²) in [5.74, 6) is 0.538. The van der Waals surface area contributed by atoms with Crippen molar-refractivity contribution in [1.82, 2.24) is 10.3 Å². The molecular formula is C12H19Cl2N3O2. The molecule has 1 unspecified atom stereocenters. The number of aromatic nitrogens is 1. The van der Waals surface area contributed by atoms with Crippen LogP contribution in [0, 0.1) is 6.92 Å². The van der Waals surface area contributed by atoms with E-state index in [4.69, 9.17) is 4.74 Å². The van der Waals surface area contributed by atoms with Crippen molar-refractivity contribution in [2.24, 2.45) is 0 Å². The minimum atomic E-state index is -0.0585. The maximum Gasteiger partial charge on any atom is 0.228 e. The maximum absolute atomic E-state index is 11.7. The van der Waals surface area contributed by atoms with Crippen LogP contribution in [0.3, 0.4) is 0 Å². The highest BCUT2D eigenvalue weighted by atomic mass is 35.5. The van der Waals surface area contributed by atoms with Gasteiger partial charge in [-0.1, -0.05) is 6.07 Å². The van der Waals surface area contributed by atoms with Gasteiger partial charge in [0.15, 0.2) is 0 Å². The van der Waals surface area contributed by atoms with Crippen molar-refractivity contribution in [3.63, 3.8) is 0 Å². The second-order valence-corrected chi connectivity index (χ2v) is 4.11. The van der Waals surface area contributed by atoms with Gasteiger partial charge in [0.2, 0.25) is 5.91 Å². The average molecular weight is 308 g/mol. The molecular weight excluding hydrogens is 289 g/mol. The van der Waals surface area contributed by atoms with E-state index in [1.54, 1.807) is 6.07 Å². The summed E-state index contributed by atoms with van der Waals surface area (Å²) < 4.78 is 5.47. The molecule has 1 aliphatic rings. The van der Waals surface area contributed by atoms with Crippen LogP contribution in [-0.2, 0) is 9.53 Å². The predicted octanol–water partition coefficient (Wildman–Crippen LogP) is 1.55. The Balaban J connectivity index is 0.00000162. The second-order valence-electron chi connectivity index (χ2n) is 4.11. The number of ether oxygens (including phenoxy) is 1. The zero-order valence-electron chi connectivity index (χ0n) is 10.7. The molecule has 108 valence electrons. The minimum absolute atomic E-state index is 0. The molecule has 1 atom stereocenters. The first-order valence-corrected chi connectivity index (χ1v) is 5.80. The van der Waals surface area contributed by atoms with Gasteiger partial charge >= 0.3 is 0 Å². The van der Waals surface area contributed by atoms with Gasteiger partial charge < -0.3 is 15.4 Å². The SMILES string of the molecule is Cc1cccc(NC(=O)CC2CNCCO2)n1.Cl.Cl. The minimum Gasteiger partial charge on any atom is -0.375 e. The summed E-state index contributed by atoms with van der Waals surface area (Å²) in [5, 5.41) is 5.96. The molecule has 0 aliphatic carbocycles. The number of anilines is 1. The van der Waals surface area contributed by atoms with Gasteiger partial charge in [0.25, 0.3) is 0 Å². The molecule has 2 rings (SSSR count). The molecule has 0 aromatic carbocycles. The van der Waals surface area contributed by atoms with E-state index in [1.165, 1.54) is 0 Å². The molecule has 1 amide bonds. The summed E-state index contributed by atoms with van der Waals surface area (Å²) in [6.07, 6.45) is 0.330. The Kier molecular flexibility index (Phi) is 8.67. The molecule has 1 aromatic heterocycles. The van der Waals surface area contributed by atoms with Gasteiger partial charge in [-0.05, 0) is 19.1 Å². The molecule has 0 bridgehead atoms. The molecule has 0 saturated carbocycles. The van der Waals surface area contributed by atoms with Crippen LogP contribution in [0.2, 0.25) is 0 Å². The molecule has 7 heteroatoms. The number of carbonyl (C=O) groups excluding carboxylic acids is 1. The summed E-state index contributed by atoms with van der Waals surface area (Å²) in [5.41, 5.74) is 0.887. The number of nitrogens with zero attached hydrogens (tertiary/aromatic N) is 1. The van der Waals surface area contributed by atoms with Gasteiger partial charge in [-0.2, -0.15) is 0 Å². The summed E-state index contributed by atoms with van der Waals surface area (Å²) in [6, 6.07) is 5.55. The number of aryl methyl sites for hydroxylation is 1. The van der Waals surface area contributed by atoms with Crippen molar-refractivity contribution < 1.29 is 9.53 Å². The number of morpholine rings is 1. The Hall–Kier alpha value is -0.880.